The fourth-order valence-electron chi connectivity index (χ4n) is 6.35. The van der Waals surface area contributed by atoms with Crippen molar-refractivity contribution in [1.82, 2.24) is 19.7 Å². The summed E-state index contributed by atoms with van der Waals surface area (Å²) < 4.78 is 47.3. The summed E-state index contributed by atoms with van der Waals surface area (Å²) in [4.78, 5) is 11.5. The predicted molar refractivity (Wildman–Crippen MR) is 134 cm³/mol. The third-order valence-corrected chi connectivity index (χ3v) is 8.16. The maximum atomic E-state index is 13.4. The van der Waals surface area contributed by atoms with E-state index in [0.29, 0.717) is 29.2 Å². The van der Waals surface area contributed by atoms with Crippen LogP contribution in [0.3, 0.4) is 0 Å². The Morgan fingerprint density at radius 3 is 2.59 bits per heavy atom. The summed E-state index contributed by atoms with van der Waals surface area (Å²) in [7, 11) is 1.63. The topological polar surface area (TPSA) is 68.1 Å². The number of aromatic nitrogens is 4. The molecular formula is C27H31F3N6O. The lowest BCUT2D eigenvalue weighted by molar-refractivity contribution is -0.137. The summed E-state index contributed by atoms with van der Waals surface area (Å²) in [5.74, 6) is 2.68. The van der Waals surface area contributed by atoms with Crippen LogP contribution in [0.4, 0.5) is 24.8 Å². The van der Waals surface area contributed by atoms with E-state index in [0.717, 1.165) is 69.3 Å². The molecule has 4 atom stereocenters. The van der Waals surface area contributed by atoms with Gasteiger partial charge in [0.05, 0.1) is 12.7 Å². The van der Waals surface area contributed by atoms with Gasteiger partial charge in [0.25, 0.3) is 0 Å². The third kappa shape index (κ3) is 4.73. The molecule has 3 aromatic rings. The molecule has 196 valence electrons. The summed E-state index contributed by atoms with van der Waals surface area (Å²) in [6.07, 6.45) is 2.32. The zero-order valence-corrected chi connectivity index (χ0v) is 20.8. The number of rotatable bonds is 5. The summed E-state index contributed by atoms with van der Waals surface area (Å²) >= 11 is 0. The molecule has 1 N–H and O–H groups in total. The number of ether oxygens (including phenoxy) is 1. The number of fused-ring (bicyclic) bond motifs is 3. The first-order valence-corrected chi connectivity index (χ1v) is 13.0. The van der Waals surface area contributed by atoms with E-state index in [4.69, 9.17) is 14.8 Å². The molecular weight excluding hydrogens is 481 g/mol. The Bertz CT molecular complexity index is 1250. The van der Waals surface area contributed by atoms with Crippen molar-refractivity contribution in [3.05, 3.63) is 59.5 Å². The van der Waals surface area contributed by atoms with Gasteiger partial charge in [-0.3, -0.25) is 0 Å². The Morgan fingerprint density at radius 2 is 1.84 bits per heavy atom. The smallest absolute Gasteiger partial charge is 0.416 e. The number of nitrogens with zero attached hydrogens (tertiary/aromatic N) is 5. The second-order valence-corrected chi connectivity index (χ2v) is 10.4. The number of hydrogen-bond donors (Lipinski definition) is 1. The van der Waals surface area contributed by atoms with Gasteiger partial charge in [-0.15, -0.1) is 5.10 Å². The van der Waals surface area contributed by atoms with E-state index < -0.39 is 11.7 Å². The fourth-order valence-corrected chi connectivity index (χ4v) is 6.35. The van der Waals surface area contributed by atoms with Crippen molar-refractivity contribution in [2.45, 2.75) is 56.8 Å². The molecule has 2 bridgehead atoms. The van der Waals surface area contributed by atoms with E-state index >= 15 is 0 Å². The number of methoxy groups -OCH3 is 1. The van der Waals surface area contributed by atoms with Gasteiger partial charge in [-0.25, -0.2) is 9.67 Å². The Balaban J connectivity index is 1.21. The van der Waals surface area contributed by atoms with Gasteiger partial charge in [-0.2, -0.15) is 18.2 Å². The minimum atomic E-state index is -4.36. The molecule has 3 aliphatic rings. The van der Waals surface area contributed by atoms with E-state index in [-0.39, 0.29) is 12.0 Å². The molecule has 2 aliphatic heterocycles. The molecule has 6 rings (SSSR count). The Kier molecular flexibility index (Phi) is 6.20. The minimum absolute atomic E-state index is 0.201. The molecule has 2 aromatic heterocycles. The van der Waals surface area contributed by atoms with Crippen molar-refractivity contribution < 1.29 is 17.9 Å². The van der Waals surface area contributed by atoms with Gasteiger partial charge in [0, 0.05) is 49.5 Å². The third-order valence-electron chi connectivity index (χ3n) is 8.16. The number of halogens is 3. The van der Waals surface area contributed by atoms with Crippen molar-refractivity contribution in [2.75, 3.05) is 30.4 Å². The van der Waals surface area contributed by atoms with Crippen LogP contribution < -0.4 is 15.0 Å². The summed E-state index contributed by atoms with van der Waals surface area (Å²) in [5.41, 5.74) is 1.16. The van der Waals surface area contributed by atoms with Crippen LogP contribution in [0.15, 0.2) is 42.6 Å². The maximum absolute atomic E-state index is 13.4. The highest BCUT2D eigenvalue weighted by Gasteiger charge is 2.43. The van der Waals surface area contributed by atoms with Crippen LogP contribution in [-0.2, 0) is 12.7 Å². The summed E-state index contributed by atoms with van der Waals surface area (Å²) in [6, 6.07) is 9.95. The standard InChI is InChI=1S/C27H31F3N6O/c1-37-23-14-21(10-11-31-23)35-15-18-8-9-19(16-35)24(18)32-26-33-25-22(7-2-3-12-36(25)34-26)17-5-4-6-20(13-17)27(28,29)30/h4-6,10-11,13-14,18-19,22,24H,2-3,7-9,12,15-16H2,1H3,(H,32,34)/t18-,19+,22?,24-. The first kappa shape index (κ1) is 24.1. The SMILES string of the molecule is COc1cc(N2C[C@H]3CC[C@@H](C2)[C@@H]3Nc2nc3n(n2)CCCCC3c2cccc(C(F)(F)F)c2)ccn1. The predicted octanol–water partition coefficient (Wildman–Crippen LogP) is 5.34. The van der Waals surface area contributed by atoms with Gasteiger partial charge >= 0.3 is 6.18 Å². The number of hydrogen-bond acceptors (Lipinski definition) is 6. The number of aryl methyl sites for hydroxylation is 1. The molecule has 10 heteroatoms. The lowest BCUT2D eigenvalue weighted by atomic mass is 9.91. The highest BCUT2D eigenvalue weighted by molar-refractivity contribution is 5.49. The zero-order chi connectivity index (χ0) is 25.6. The van der Waals surface area contributed by atoms with E-state index in [9.17, 15) is 13.2 Å². The van der Waals surface area contributed by atoms with Crippen LogP contribution in [0.2, 0.25) is 0 Å². The quantitative estimate of drug-likeness (QED) is 0.498. The molecule has 0 amide bonds. The first-order valence-electron chi connectivity index (χ1n) is 13.0. The maximum Gasteiger partial charge on any atom is 0.416 e. The van der Waals surface area contributed by atoms with Crippen LogP contribution >= 0.6 is 0 Å². The van der Waals surface area contributed by atoms with E-state index in [1.807, 2.05) is 16.8 Å². The summed E-state index contributed by atoms with van der Waals surface area (Å²) in [5, 5.41) is 8.42. The average Bonchev–Trinajstić information content (AvgIpc) is 3.30. The van der Waals surface area contributed by atoms with E-state index in [1.54, 1.807) is 19.4 Å². The Hall–Kier alpha value is -3.30. The van der Waals surface area contributed by atoms with Crippen molar-refractivity contribution >= 4 is 11.6 Å². The minimum Gasteiger partial charge on any atom is -0.481 e. The van der Waals surface area contributed by atoms with Gasteiger partial charge in [0.2, 0.25) is 11.8 Å². The second kappa shape index (κ2) is 9.54. The highest BCUT2D eigenvalue weighted by atomic mass is 19.4. The average molecular weight is 513 g/mol. The number of anilines is 2. The summed E-state index contributed by atoms with van der Waals surface area (Å²) in [6.45, 7) is 2.60. The number of alkyl halides is 3. The molecule has 1 unspecified atom stereocenters. The van der Waals surface area contributed by atoms with Gasteiger partial charge in [-0.1, -0.05) is 24.6 Å². The van der Waals surface area contributed by atoms with Gasteiger partial charge in [0.1, 0.15) is 5.82 Å². The van der Waals surface area contributed by atoms with Crippen molar-refractivity contribution in [3.8, 4) is 5.88 Å². The second-order valence-electron chi connectivity index (χ2n) is 10.4. The van der Waals surface area contributed by atoms with Gasteiger partial charge in [0.15, 0.2) is 0 Å². The van der Waals surface area contributed by atoms with E-state index in [1.165, 1.54) is 12.1 Å². The number of piperidine rings is 1. The van der Waals surface area contributed by atoms with Crippen LogP contribution in [0.5, 0.6) is 5.88 Å². The van der Waals surface area contributed by atoms with E-state index in [2.05, 4.69) is 15.2 Å². The molecule has 1 aliphatic carbocycles. The van der Waals surface area contributed by atoms with Gasteiger partial charge in [-0.05, 0) is 55.2 Å². The Morgan fingerprint density at radius 1 is 1.03 bits per heavy atom. The largest absolute Gasteiger partial charge is 0.481 e. The van der Waals surface area contributed by atoms with Gasteiger partial charge < -0.3 is 15.0 Å². The lowest BCUT2D eigenvalue weighted by Gasteiger charge is -2.39. The molecule has 7 nitrogen and oxygen atoms in total. The molecule has 4 heterocycles. The first-order chi connectivity index (χ1) is 17.9. The molecule has 0 spiro atoms. The number of nitrogens with one attached hydrogen (secondary N) is 1. The highest BCUT2D eigenvalue weighted by Crippen LogP contribution is 2.41. The van der Waals surface area contributed by atoms with Crippen LogP contribution in [0, 0.1) is 11.8 Å². The molecule has 1 saturated heterocycles. The zero-order valence-electron chi connectivity index (χ0n) is 20.8. The van der Waals surface area contributed by atoms with Crippen LogP contribution in [0.1, 0.15) is 55.0 Å². The Labute approximate surface area is 214 Å². The normalized spacial score (nSPS) is 25.5. The molecule has 1 saturated carbocycles. The number of benzene rings is 1. The van der Waals surface area contributed by atoms with Crippen LogP contribution in [-0.4, -0.2) is 46.0 Å². The lowest BCUT2D eigenvalue weighted by Crippen LogP contribution is -2.48. The van der Waals surface area contributed by atoms with Crippen LogP contribution in [0.25, 0.3) is 0 Å². The molecule has 37 heavy (non-hydrogen) atoms. The molecule has 1 aromatic carbocycles. The van der Waals surface area contributed by atoms with Crippen molar-refractivity contribution in [1.29, 1.82) is 0 Å². The number of pyridine rings is 1. The molecule has 0 radical (unpaired) electrons. The van der Waals surface area contributed by atoms with Crippen molar-refractivity contribution in [2.24, 2.45) is 11.8 Å². The molecule has 2 fully saturated rings. The fraction of sp³-hybridized carbons (Fsp3) is 0.519. The monoisotopic (exact) mass is 512 g/mol. The van der Waals surface area contributed by atoms with Crippen molar-refractivity contribution in [3.63, 3.8) is 0 Å².